The quantitative estimate of drug-likeness (QED) is 0.582. The van der Waals surface area contributed by atoms with Crippen molar-refractivity contribution in [3.63, 3.8) is 0 Å². The molecular formula is C28H37N3O4. The van der Waals surface area contributed by atoms with E-state index in [1.807, 2.05) is 28.0 Å². The fourth-order valence-corrected chi connectivity index (χ4v) is 5.01. The molecule has 2 heterocycles. The van der Waals surface area contributed by atoms with E-state index in [0.29, 0.717) is 37.4 Å². The van der Waals surface area contributed by atoms with Crippen LogP contribution in [0.3, 0.4) is 0 Å². The Kier molecular flexibility index (Phi) is 8.29. The van der Waals surface area contributed by atoms with E-state index in [1.165, 1.54) is 11.1 Å². The highest BCUT2D eigenvalue weighted by molar-refractivity contribution is 5.89. The van der Waals surface area contributed by atoms with Gasteiger partial charge >= 0.3 is 0 Å². The SMILES string of the molecule is COc1ccc(CCN2CC(C(=O)N3CCCN(Cc4ccc(C)cc4)CC3)CC2=O)cc1OC. The van der Waals surface area contributed by atoms with Gasteiger partial charge in [0, 0.05) is 52.2 Å². The summed E-state index contributed by atoms with van der Waals surface area (Å²) in [6.45, 7) is 7.46. The molecule has 1 atom stereocenters. The van der Waals surface area contributed by atoms with Crippen molar-refractivity contribution in [1.82, 2.24) is 14.7 Å². The van der Waals surface area contributed by atoms with Crippen molar-refractivity contribution in [1.29, 1.82) is 0 Å². The van der Waals surface area contributed by atoms with Crippen molar-refractivity contribution < 1.29 is 19.1 Å². The van der Waals surface area contributed by atoms with Crippen molar-refractivity contribution >= 4 is 11.8 Å². The molecule has 2 saturated heterocycles. The molecule has 7 nitrogen and oxygen atoms in total. The Labute approximate surface area is 208 Å². The van der Waals surface area contributed by atoms with Gasteiger partial charge < -0.3 is 19.3 Å². The van der Waals surface area contributed by atoms with E-state index < -0.39 is 0 Å². The zero-order valence-electron chi connectivity index (χ0n) is 21.2. The van der Waals surface area contributed by atoms with Crippen LogP contribution in [0.2, 0.25) is 0 Å². The number of aryl methyl sites for hydroxylation is 1. The van der Waals surface area contributed by atoms with Crippen LogP contribution in [-0.4, -0.2) is 80.0 Å². The molecule has 0 bridgehead atoms. The zero-order chi connectivity index (χ0) is 24.8. The van der Waals surface area contributed by atoms with E-state index in [0.717, 1.165) is 44.7 Å². The van der Waals surface area contributed by atoms with E-state index in [4.69, 9.17) is 9.47 Å². The molecule has 35 heavy (non-hydrogen) atoms. The van der Waals surface area contributed by atoms with Gasteiger partial charge in [0.15, 0.2) is 11.5 Å². The first-order chi connectivity index (χ1) is 17.0. The molecule has 2 aromatic carbocycles. The molecule has 2 aromatic rings. The number of carbonyl (C=O) groups is 2. The van der Waals surface area contributed by atoms with Crippen LogP contribution < -0.4 is 9.47 Å². The number of hydrogen-bond donors (Lipinski definition) is 0. The van der Waals surface area contributed by atoms with Crippen molar-refractivity contribution in [2.75, 3.05) is 53.5 Å². The predicted molar refractivity (Wildman–Crippen MR) is 136 cm³/mol. The number of benzene rings is 2. The molecular weight excluding hydrogens is 442 g/mol. The Morgan fingerprint density at radius 2 is 1.69 bits per heavy atom. The van der Waals surface area contributed by atoms with Gasteiger partial charge in [-0.05, 0) is 43.0 Å². The number of nitrogens with zero attached hydrogens (tertiary/aromatic N) is 3. The van der Waals surface area contributed by atoms with Gasteiger partial charge in [0.2, 0.25) is 11.8 Å². The van der Waals surface area contributed by atoms with E-state index >= 15 is 0 Å². The van der Waals surface area contributed by atoms with Gasteiger partial charge in [-0.2, -0.15) is 0 Å². The number of ether oxygens (including phenoxy) is 2. The van der Waals surface area contributed by atoms with Crippen LogP contribution in [0, 0.1) is 12.8 Å². The minimum atomic E-state index is -0.239. The van der Waals surface area contributed by atoms with Crippen LogP contribution in [0.4, 0.5) is 0 Å². The lowest BCUT2D eigenvalue weighted by Crippen LogP contribution is -2.40. The number of likely N-dealkylation sites (tertiary alicyclic amines) is 1. The number of hydrogen-bond acceptors (Lipinski definition) is 5. The molecule has 2 aliphatic heterocycles. The van der Waals surface area contributed by atoms with Crippen molar-refractivity contribution in [3.05, 3.63) is 59.2 Å². The molecule has 0 aliphatic carbocycles. The second-order valence-electron chi connectivity index (χ2n) is 9.62. The van der Waals surface area contributed by atoms with E-state index in [2.05, 4.69) is 36.1 Å². The Hall–Kier alpha value is -3.06. The van der Waals surface area contributed by atoms with Gasteiger partial charge in [0.05, 0.1) is 20.1 Å². The average Bonchev–Trinajstić information content (AvgIpc) is 3.09. The third kappa shape index (κ3) is 6.34. The lowest BCUT2D eigenvalue weighted by molar-refractivity contribution is -0.135. The fraction of sp³-hybridized carbons (Fsp3) is 0.500. The van der Waals surface area contributed by atoms with E-state index in [9.17, 15) is 9.59 Å². The minimum Gasteiger partial charge on any atom is -0.493 e. The molecule has 4 rings (SSSR count). The molecule has 0 saturated carbocycles. The first kappa shape index (κ1) is 25.0. The van der Waals surface area contributed by atoms with E-state index in [-0.39, 0.29) is 17.7 Å². The lowest BCUT2D eigenvalue weighted by atomic mass is 10.1. The molecule has 188 valence electrons. The van der Waals surface area contributed by atoms with Crippen LogP contribution >= 0.6 is 0 Å². The standard InChI is InChI=1S/C28H37N3O4/c1-21-5-7-23(8-6-21)19-29-12-4-13-30(16-15-29)28(33)24-18-27(32)31(20-24)14-11-22-9-10-25(34-2)26(17-22)35-3/h5-10,17,24H,4,11-16,18-20H2,1-3H3. The predicted octanol–water partition coefficient (Wildman–Crippen LogP) is 3.14. The topological polar surface area (TPSA) is 62.3 Å². The third-order valence-corrected chi connectivity index (χ3v) is 7.11. The highest BCUT2D eigenvalue weighted by Gasteiger charge is 2.36. The summed E-state index contributed by atoms with van der Waals surface area (Å²) < 4.78 is 10.7. The second kappa shape index (κ2) is 11.6. The minimum absolute atomic E-state index is 0.0691. The average molecular weight is 480 g/mol. The maximum Gasteiger partial charge on any atom is 0.228 e. The van der Waals surface area contributed by atoms with Gasteiger partial charge in [-0.3, -0.25) is 14.5 Å². The molecule has 7 heteroatoms. The summed E-state index contributed by atoms with van der Waals surface area (Å²) in [5.41, 5.74) is 3.65. The van der Waals surface area contributed by atoms with Gasteiger partial charge in [-0.25, -0.2) is 0 Å². The van der Waals surface area contributed by atoms with Crippen LogP contribution in [-0.2, 0) is 22.6 Å². The van der Waals surface area contributed by atoms with Crippen LogP contribution in [0.5, 0.6) is 11.5 Å². The van der Waals surface area contributed by atoms with Crippen LogP contribution in [0.1, 0.15) is 29.5 Å². The summed E-state index contributed by atoms with van der Waals surface area (Å²) in [7, 11) is 3.23. The number of carbonyl (C=O) groups excluding carboxylic acids is 2. The molecule has 1 unspecified atom stereocenters. The molecule has 2 aliphatic rings. The van der Waals surface area contributed by atoms with Gasteiger partial charge in [0.1, 0.15) is 0 Å². The van der Waals surface area contributed by atoms with Crippen molar-refractivity contribution in [2.24, 2.45) is 5.92 Å². The summed E-state index contributed by atoms with van der Waals surface area (Å²) in [6.07, 6.45) is 1.99. The maximum absolute atomic E-state index is 13.3. The monoisotopic (exact) mass is 479 g/mol. The Bertz CT molecular complexity index is 1020. The highest BCUT2D eigenvalue weighted by Crippen LogP contribution is 2.28. The molecule has 2 fully saturated rings. The summed E-state index contributed by atoms with van der Waals surface area (Å²) in [4.78, 5) is 32.2. The molecule has 0 spiro atoms. The first-order valence-corrected chi connectivity index (χ1v) is 12.5. The number of methoxy groups -OCH3 is 2. The Morgan fingerprint density at radius 3 is 2.43 bits per heavy atom. The van der Waals surface area contributed by atoms with Gasteiger partial charge in [-0.15, -0.1) is 0 Å². The molecule has 0 radical (unpaired) electrons. The Morgan fingerprint density at radius 1 is 0.943 bits per heavy atom. The van der Waals surface area contributed by atoms with Crippen LogP contribution in [0.15, 0.2) is 42.5 Å². The number of rotatable bonds is 8. The van der Waals surface area contributed by atoms with E-state index in [1.54, 1.807) is 14.2 Å². The molecule has 2 amide bonds. The smallest absolute Gasteiger partial charge is 0.228 e. The zero-order valence-corrected chi connectivity index (χ0v) is 21.2. The Balaban J connectivity index is 1.27. The number of amides is 2. The maximum atomic E-state index is 13.3. The summed E-state index contributed by atoms with van der Waals surface area (Å²) in [5, 5.41) is 0. The lowest BCUT2D eigenvalue weighted by Gasteiger charge is -2.24. The summed E-state index contributed by atoms with van der Waals surface area (Å²) >= 11 is 0. The second-order valence-corrected chi connectivity index (χ2v) is 9.62. The van der Waals surface area contributed by atoms with Gasteiger partial charge in [-0.1, -0.05) is 35.9 Å². The summed E-state index contributed by atoms with van der Waals surface area (Å²) in [6, 6.07) is 14.5. The van der Waals surface area contributed by atoms with Crippen LogP contribution in [0.25, 0.3) is 0 Å². The first-order valence-electron chi connectivity index (χ1n) is 12.5. The van der Waals surface area contributed by atoms with Gasteiger partial charge in [0.25, 0.3) is 0 Å². The van der Waals surface area contributed by atoms with Crippen molar-refractivity contribution in [3.8, 4) is 11.5 Å². The fourth-order valence-electron chi connectivity index (χ4n) is 5.01. The van der Waals surface area contributed by atoms with Crippen molar-refractivity contribution in [2.45, 2.75) is 32.7 Å². The highest BCUT2D eigenvalue weighted by atomic mass is 16.5. The summed E-state index contributed by atoms with van der Waals surface area (Å²) in [5.74, 6) is 1.33. The largest absolute Gasteiger partial charge is 0.493 e. The molecule has 0 N–H and O–H groups in total. The molecule has 0 aromatic heterocycles. The third-order valence-electron chi connectivity index (χ3n) is 7.11. The normalized spacial score (nSPS) is 19.1.